The van der Waals surface area contributed by atoms with E-state index in [-0.39, 0.29) is 22.6 Å². The maximum atomic E-state index is 13.0. The molecule has 1 saturated carbocycles. The molecule has 4 rings (SSSR count). The molecular weight excluding hydrogens is 402 g/mol. The Hall–Kier alpha value is -2.87. The van der Waals surface area contributed by atoms with Crippen molar-refractivity contribution in [2.24, 2.45) is 5.92 Å². The second-order valence-corrected chi connectivity index (χ2v) is 9.55. The van der Waals surface area contributed by atoms with E-state index in [2.05, 4.69) is 10.0 Å². The Labute approximate surface area is 176 Å². The summed E-state index contributed by atoms with van der Waals surface area (Å²) in [5.41, 5.74) is 0.719. The number of benzene rings is 2. The third-order valence-electron chi connectivity index (χ3n) is 5.42. The fourth-order valence-electron chi connectivity index (χ4n) is 3.63. The number of carbonyl (C=O) groups excluding carboxylic acids is 2. The first-order valence-corrected chi connectivity index (χ1v) is 11.7. The minimum absolute atomic E-state index is 0.0272. The highest BCUT2D eigenvalue weighted by atomic mass is 32.2. The summed E-state index contributed by atoms with van der Waals surface area (Å²) in [7, 11) is -3.73. The topological polar surface area (TPSA) is 95.6 Å². The number of anilines is 1. The van der Waals surface area contributed by atoms with Crippen molar-refractivity contribution in [3.8, 4) is 0 Å². The van der Waals surface area contributed by atoms with E-state index in [0.29, 0.717) is 30.4 Å². The largest absolute Gasteiger partial charge is 0.353 e. The normalized spacial score (nSPS) is 19.2. The van der Waals surface area contributed by atoms with Crippen LogP contribution >= 0.6 is 0 Å². The van der Waals surface area contributed by atoms with E-state index in [1.165, 1.54) is 18.2 Å². The third-order valence-corrected chi connectivity index (χ3v) is 6.82. The smallest absolute Gasteiger partial charge is 0.261 e. The molecule has 1 atom stereocenters. The van der Waals surface area contributed by atoms with Crippen LogP contribution in [0, 0.1) is 5.92 Å². The number of nitrogens with zero attached hydrogens (tertiary/aromatic N) is 1. The van der Waals surface area contributed by atoms with Gasteiger partial charge in [0.05, 0.1) is 10.8 Å². The van der Waals surface area contributed by atoms with E-state index >= 15 is 0 Å². The van der Waals surface area contributed by atoms with Crippen LogP contribution in [0.15, 0.2) is 59.5 Å². The van der Waals surface area contributed by atoms with Crippen molar-refractivity contribution in [1.29, 1.82) is 0 Å². The van der Waals surface area contributed by atoms with Crippen LogP contribution < -0.4 is 10.0 Å². The number of amides is 2. The van der Waals surface area contributed by atoms with Gasteiger partial charge in [0.1, 0.15) is 0 Å². The van der Waals surface area contributed by atoms with Gasteiger partial charge in [-0.3, -0.25) is 14.3 Å². The quantitative estimate of drug-likeness (QED) is 0.741. The van der Waals surface area contributed by atoms with E-state index < -0.39 is 10.0 Å². The van der Waals surface area contributed by atoms with Crippen LogP contribution in [0.25, 0.3) is 0 Å². The molecule has 8 heteroatoms. The van der Waals surface area contributed by atoms with E-state index in [4.69, 9.17) is 0 Å². The predicted molar refractivity (Wildman–Crippen MR) is 113 cm³/mol. The molecule has 2 fully saturated rings. The number of piperidine rings is 1. The monoisotopic (exact) mass is 427 g/mol. The standard InChI is InChI=1S/C22H25N3O4S/c26-21(23-18-11-12-18)17-7-5-13-25(15-17)22(27)16-6-4-8-19(14-16)24-30(28,29)20-9-2-1-3-10-20/h1-4,6,8-10,14,17-18,24H,5,7,11-13,15H2,(H,23,26). The molecule has 1 unspecified atom stereocenters. The lowest BCUT2D eigenvalue weighted by molar-refractivity contribution is -0.126. The summed E-state index contributed by atoms with van der Waals surface area (Å²) in [5, 5.41) is 3.02. The Morgan fingerprint density at radius 2 is 1.73 bits per heavy atom. The molecule has 0 aromatic heterocycles. The van der Waals surface area contributed by atoms with Crippen molar-refractivity contribution >= 4 is 27.5 Å². The van der Waals surface area contributed by atoms with Gasteiger partial charge in [0.25, 0.3) is 15.9 Å². The highest BCUT2D eigenvalue weighted by Gasteiger charge is 2.32. The summed E-state index contributed by atoms with van der Waals surface area (Å²) in [5.74, 6) is -0.359. The van der Waals surface area contributed by atoms with Crippen LogP contribution in [0.1, 0.15) is 36.0 Å². The number of rotatable bonds is 6. The average Bonchev–Trinajstić information content (AvgIpc) is 3.58. The van der Waals surface area contributed by atoms with Gasteiger partial charge in [-0.2, -0.15) is 0 Å². The van der Waals surface area contributed by atoms with Crippen molar-refractivity contribution in [3.05, 3.63) is 60.2 Å². The van der Waals surface area contributed by atoms with Gasteiger partial charge >= 0.3 is 0 Å². The first-order chi connectivity index (χ1) is 14.4. The molecule has 2 aromatic carbocycles. The molecule has 1 aliphatic heterocycles. The van der Waals surface area contributed by atoms with Gasteiger partial charge < -0.3 is 10.2 Å². The molecule has 1 saturated heterocycles. The molecule has 30 heavy (non-hydrogen) atoms. The second kappa shape index (κ2) is 8.47. The SMILES string of the molecule is O=C(NC1CC1)C1CCCN(C(=O)c2cccc(NS(=O)(=O)c3ccccc3)c2)C1. The Bertz CT molecular complexity index is 1040. The lowest BCUT2D eigenvalue weighted by Gasteiger charge is -2.32. The third kappa shape index (κ3) is 4.81. The van der Waals surface area contributed by atoms with Crippen molar-refractivity contribution in [1.82, 2.24) is 10.2 Å². The summed E-state index contributed by atoms with van der Waals surface area (Å²) in [6, 6.07) is 14.8. The Morgan fingerprint density at radius 1 is 0.967 bits per heavy atom. The lowest BCUT2D eigenvalue weighted by atomic mass is 9.96. The maximum Gasteiger partial charge on any atom is 0.261 e. The molecule has 158 valence electrons. The fourth-order valence-corrected chi connectivity index (χ4v) is 4.70. The minimum Gasteiger partial charge on any atom is -0.353 e. The number of sulfonamides is 1. The van der Waals surface area contributed by atoms with Gasteiger partial charge in [-0.05, 0) is 56.0 Å². The molecule has 7 nitrogen and oxygen atoms in total. The molecule has 0 bridgehead atoms. The number of nitrogens with one attached hydrogen (secondary N) is 2. The highest BCUT2D eigenvalue weighted by Crippen LogP contribution is 2.24. The van der Waals surface area contributed by atoms with Crippen LogP contribution in [0.2, 0.25) is 0 Å². The minimum atomic E-state index is -3.73. The van der Waals surface area contributed by atoms with Crippen LogP contribution in [-0.4, -0.2) is 44.3 Å². The molecular formula is C22H25N3O4S. The van der Waals surface area contributed by atoms with Crippen molar-refractivity contribution < 1.29 is 18.0 Å². The van der Waals surface area contributed by atoms with E-state index in [1.54, 1.807) is 41.3 Å². The molecule has 1 heterocycles. The Kier molecular flexibility index (Phi) is 5.76. The summed E-state index contributed by atoms with van der Waals surface area (Å²) in [4.78, 5) is 27.2. The number of likely N-dealkylation sites (tertiary alicyclic amines) is 1. The van der Waals surface area contributed by atoms with Crippen LogP contribution in [0.4, 0.5) is 5.69 Å². The van der Waals surface area contributed by atoms with Gasteiger partial charge in [0.15, 0.2) is 0 Å². The zero-order valence-electron chi connectivity index (χ0n) is 16.6. The molecule has 2 aromatic rings. The summed E-state index contributed by atoms with van der Waals surface area (Å²) < 4.78 is 27.6. The average molecular weight is 428 g/mol. The van der Waals surface area contributed by atoms with Gasteiger partial charge in [-0.15, -0.1) is 0 Å². The Balaban J connectivity index is 1.45. The van der Waals surface area contributed by atoms with E-state index in [1.807, 2.05) is 0 Å². The zero-order chi connectivity index (χ0) is 21.1. The van der Waals surface area contributed by atoms with Crippen molar-refractivity contribution in [2.45, 2.75) is 36.6 Å². The molecule has 2 amide bonds. The first kappa shape index (κ1) is 20.4. The summed E-state index contributed by atoms with van der Waals surface area (Å²) >= 11 is 0. The second-order valence-electron chi connectivity index (χ2n) is 7.87. The number of carbonyl (C=O) groups is 2. The van der Waals surface area contributed by atoms with E-state index in [9.17, 15) is 18.0 Å². The van der Waals surface area contributed by atoms with Gasteiger partial charge in [-0.1, -0.05) is 24.3 Å². The summed E-state index contributed by atoms with van der Waals surface area (Å²) in [6.45, 7) is 0.976. The molecule has 0 radical (unpaired) electrons. The van der Waals surface area contributed by atoms with Gasteiger partial charge in [-0.25, -0.2) is 8.42 Å². The lowest BCUT2D eigenvalue weighted by Crippen LogP contribution is -2.45. The molecule has 2 aliphatic rings. The van der Waals surface area contributed by atoms with Gasteiger partial charge in [0.2, 0.25) is 5.91 Å². The predicted octanol–water partition coefficient (Wildman–Crippen LogP) is 2.62. The zero-order valence-corrected chi connectivity index (χ0v) is 17.4. The Morgan fingerprint density at radius 3 is 2.47 bits per heavy atom. The van der Waals surface area contributed by atoms with Crippen LogP contribution in [0.5, 0.6) is 0 Å². The van der Waals surface area contributed by atoms with Gasteiger partial charge in [0, 0.05) is 30.4 Å². The van der Waals surface area contributed by atoms with Crippen LogP contribution in [0.3, 0.4) is 0 Å². The molecule has 2 N–H and O–H groups in total. The van der Waals surface area contributed by atoms with Crippen LogP contribution in [-0.2, 0) is 14.8 Å². The fraction of sp³-hybridized carbons (Fsp3) is 0.364. The highest BCUT2D eigenvalue weighted by molar-refractivity contribution is 7.92. The molecule has 1 aliphatic carbocycles. The van der Waals surface area contributed by atoms with Crippen molar-refractivity contribution in [2.75, 3.05) is 17.8 Å². The number of hydrogen-bond acceptors (Lipinski definition) is 4. The maximum absolute atomic E-state index is 13.0. The van der Waals surface area contributed by atoms with E-state index in [0.717, 1.165) is 25.7 Å². The summed E-state index contributed by atoms with van der Waals surface area (Å²) in [6.07, 6.45) is 3.62. The molecule has 0 spiro atoms. The number of hydrogen-bond donors (Lipinski definition) is 2. The first-order valence-electron chi connectivity index (χ1n) is 10.2. The van der Waals surface area contributed by atoms with Crippen molar-refractivity contribution in [3.63, 3.8) is 0 Å².